The number of aromatic nitrogens is 3. The molecule has 1 aliphatic rings. The molecule has 2 aromatic rings. The second kappa shape index (κ2) is 3.59. The van der Waals surface area contributed by atoms with Gasteiger partial charge in [0, 0.05) is 18.2 Å². The maximum atomic E-state index is 5.59. The van der Waals surface area contributed by atoms with Crippen molar-refractivity contribution in [3.05, 3.63) is 24.2 Å². The number of hydrogen-bond donors (Lipinski definition) is 1. The van der Waals surface area contributed by atoms with Crippen LogP contribution in [0.4, 0.5) is 5.82 Å². The number of nitrogens with zero attached hydrogens (tertiary/aromatic N) is 3. The van der Waals surface area contributed by atoms with Crippen molar-refractivity contribution in [1.82, 2.24) is 15.1 Å². The number of anilines is 1. The first kappa shape index (κ1) is 9.33. The molecule has 82 valence electrons. The van der Waals surface area contributed by atoms with Crippen LogP contribution in [0.25, 0.3) is 11.5 Å². The van der Waals surface area contributed by atoms with E-state index in [2.05, 4.69) is 15.1 Å². The minimum Gasteiger partial charge on any atom is -0.384 e. The van der Waals surface area contributed by atoms with Crippen LogP contribution in [0.5, 0.6) is 0 Å². The van der Waals surface area contributed by atoms with Gasteiger partial charge < -0.3 is 10.3 Å². The lowest BCUT2D eigenvalue weighted by Crippen LogP contribution is -1.91. The van der Waals surface area contributed by atoms with Gasteiger partial charge in [0.05, 0.1) is 0 Å². The van der Waals surface area contributed by atoms with Crippen LogP contribution < -0.4 is 5.73 Å². The van der Waals surface area contributed by atoms with Gasteiger partial charge in [0.15, 0.2) is 5.82 Å². The Hall–Kier alpha value is -1.91. The minimum atomic E-state index is 0.458. The van der Waals surface area contributed by atoms with Gasteiger partial charge in [-0.2, -0.15) is 4.98 Å². The van der Waals surface area contributed by atoms with Gasteiger partial charge in [-0.05, 0) is 30.9 Å². The predicted octanol–water partition coefficient (Wildman–Crippen LogP) is 1.67. The van der Waals surface area contributed by atoms with E-state index in [9.17, 15) is 0 Å². The lowest BCUT2D eigenvalue weighted by Gasteiger charge is -1.94. The Labute approximate surface area is 92.7 Å². The Bertz CT molecular complexity index is 504. The van der Waals surface area contributed by atoms with Gasteiger partial charge in [-0.1, -0.05) is 5.16 Å². The molecule has 0 atom stereocenters. The third kappa shape index (κ3) is 1.88. The van der Waals surface area contributed by atoms with Crippen molar-refractivity contribution < 1.29 is 4.52 Å². The smallest absolute Gasteiger partial charge is 0.258 e. The summed E-state index contributed by atoms with van der Waals surface area (Å²) in [5, 5.41) is 3.96. The monoisotopic (exact) mass is 216 g/mol. The zero-order chi connectivity index (χ0) is 11.0. The first-order valence-corrected chi connectivity index (χ1v) is 5.36. The van der Waals surface area contributed by atoms with Crippen molar-refractivity contribution in [3.63, 3.8) is 0 Å². The molecule has 3 rings (SSSR count). The number of nitrogen functional groups attached to an aromatic ring is 1. The lowest BCUT2D eigenvalue weighted by molar-refractivity contribution is 0.421. The largest absolute Gasteiger partial charge is 0.384 e. The molecule has 0 amide bonds. The van der Waals surface area contributed by atoms with Crippen molar-refractivity contribution in [1.29, 1.82) is 0 Å². The molecule has 0 radical (unpaired) electrons. The van der Waals surface area contributed by atoms with Gasteiger partial charge in [0.2, 0.25) is 0 Å². The number of nitrogens with two attached hydrogens (primary N) is 1. The third-order valence-corrected chi connectivity index (χ3v) is 2.66. The Morgan fingerprint density at radius 1 is 1.44 bits per heavy atom. The minimum absolute atomic E-state index is 0.458. The highest BCUT2D eigenvalue weighted by atomic mass is 16.5. The second-order valence-electron chi connectivity index (χ2n) is 4.13. The van der Waals surface area contributed by atoms with Crippen LogP contribution in [-0.4, -0.2) is 15.1 Å². The molecule has 1 fully saturated rings. The van der Waals surface area contributed by atoms with Gasteiger partial charge >= 0.3 is 0 Å². The van der Waals surface area contributed by atoms with Gasteiger partial charge in [-0.15, -0.1) is 0 Å². The molecular formula is C11H12N4O. The molecule has 0 aliphatic heterocycles. The molecule has 0 spiro atoms. The summed E-state index contributed by atoms with van der Waals surface area (Å²) in [5.41, 5.74) is 6.41. The number of hydrogen-bond acceptors (Lipinski definition) is 5. The van der Waals surface area contributed by atoms with Gasteiger partial charge in [0.25, 0.3) is 5.89 Å². The van der Waals surface area contributed by atoms with Crippen molar-refractivity contribution >= 4 is 5.82 Å². The summed E-state index contributed by atoms with van der Waals surface area (Å²) in [6.07, 6.45) is 5.12. The topological polar surface area (TPSA) is 77.8 Å². The highest BCUT2D eigenvalue weighted by molar-refractivity contribution is 5.56. The molecule has 0 saturated heterocycles. The van der Waals surface area contributed by atoms with Crippen LogP contribution in [0.3, 0.4) is 0 Å². The highest BCUT2D eigenvalue weighted by Gasteiger charge is 2.24. The fourth-order valence-corrected chi connectivity index (χ4v) is 1.62. The van der Waals surface area contributed by atoms with Gasteiger partial charge in [0.1, 0.15) is 5.82 Å². The molecule has 5 nitrogen and oxygen atoms in total. The lowest BCUT2D eigenvalue weighted by atomic mass is 10.2. The molecule has 2 heterocycles. The zero-order valence-electron chi connectivity index (χ0n) is 8.76. The third-order valence-electron chi connectivity index (χ3n) is 2.66. The molecular weight excluding hydrogens is 204 g/mol. The molecule has 2 aromatic heterocycles. The van der Waals surface area contributed by atoms with E-state index < -0.39 is 0 Å². The van der Waals surface area contributed by atoms with Crippen LogP contribution in [0, 0.1) is 5.92 Å². The van der Waals surface area contributed by atoms with E-state index in [1.165, 1.54) is 12.8 Å². The van der Waals surface area contributed by atoms with Crippen LogP contribution in [0.1, 0.15) is 18.7 Å². The summed E-state index contributed by atoms with van der Waals surface area (Å²) < 4.78 is 5.19. The fourth-order valence-electron chi connectivity index (χ4n) is 1.62. The summed E-state index contributed by atoms with van der Waals surface area (Å²) in [4.78, 5) is 8.26. The summed E-state index contributed by atoms with van der Waals surface area (Å²) in [6.45, 7) is 0. The molecule has 0 bridgehead atoms. The molecule has 5 heteroatoms. The molecule has 1 aliphatic carbocycles. The van der Waals surface area contributed by atoms with Gasteiger partial charge in [-0.3, -0.25) is 0 Å². The highest BCUT2D eigenvalue weighted by Crippen LogP contribution is 2.32. The van der Waals surface area contributed by atoms with Crippen LogP contribution in [0.15, 0.2) is 22.9 Å². The second-order valence-corrected chi connectivity index (χ2v) is 4.13. The summed E-state index contributed by atoms with van der Waals surface area (Å²) in [5.74, 6) is 2.52. The Kier molecular flexibility index (Phi) is 2.09. The standard InChI is InChI=1S/C11H12N4O/c12-9-6-8(3-4-13-9)11-14-10(15-16-11)5-7-1-2-7/h3-4,6-7H,1-2,5H2,(H2,12,13). The summed E-state index contributed by atoms with van der Waals surface area (Å²) in [7, 11) is 0. The van der Waals surface area contributed by atoms with E-state index in [1.807, 2.05) is 6.07 Å². The molecule has 0 unspecified atom stereocenters. The van der Waals surface area contributed by atoms with E-state index in [0.717, 1.165) is 23.7 Å². The maximum Gasteiger partial charge on any atom is 0.258 e. The molecule has 2 N–H and O–H groups in total. The van der Waals surface area contributed by atoms with Crippen molar-refractivity contribution in [3.8, 4) is 11.5 Å². The summed E-state index contributed by atoms with van der Waals surface area (Å²) >= 11 is 0. The van der Waals surface area contributed by atoms with Crippen molar-refractivity contribution in [2.45, 2.75) is 19.3 Å². The Balaban J connectivity index is 1.85. The quantitative estimate of drug-likeness (QED) is 0.844. The number of pyridine rings is 1. The summed E-state index contributed by atoms with van der Waals surface area (Å²) in [6, 6.07) is 3.54. The Morgan fingerprint density at radius 2 is 2.31 bits per heavy atom. The van der Waals surface area contributed by atoms with E-state index in [-0.39, 0.29) is 0 Å². The number of rotatable bonds is 3. The SMILES string of the molecule is Nc1cc(-c2nc(CC3CC3)no2)ccn1. The maximum absolute atomic E-state index is 5.59. The van der Waals surface area contributed by atoms with Crippen molar-refractivity contribution in [2.24, 2.45) is 5.92 Å². The van der Waals surface area contributed by atoms with Crippen LogP contribution >= 0.6 is 0 Å². The van der Waals surface area contributed by atoms with Crippen LogP contribution in [0.2, 0.25) is 0 Å². The molecule has 0 aromatic carbocycles. The van der Waals surface area contributed by atoms with Gasteiger partial charge in [-0.25, -0.2) is 4.98 Å². The average molecular weight is 216 g/mol. The fraction of sp³-hybridized carbons (Fsp3) is 0.364. The Morgan fingerprint density at radius 3 is 3.06 bits per heavy atom. The van der Waals surface area contributed by atoms with E-state index in [4.69, 9.17) is 10.3 Å². The van der Waals surface area contributed by atoms with E-state index in [1.54, 1.807) is 12.3 Å². The van der Waals surface area contributed by atoms with Crippen LogP contribution in [-0.2, 0) is 6.42 Å². The first-order valence-electron chi connectivity index (χ1n) is 5.36. The predicted molar refractivity (Wildman–Crippen MR) is 58.4 cm³/mol. The zero-order valence-corrected chi connectivity index (χ0v) is 8.76. The van der Waals surface area contributed by atoms with E-state index in [0.29, 0.717) is 11.7 Å². The van der Waals surface area contributed by atoms with Crippen molar-refractivity contribution in [2.75, 3.05) is 5.73 Å². The normalized spacial score (nSPS) is 15.2. The molecule has 16 heavy (non-hydrogen) atoms. The first-order chi connectivity index (χ1) is 7.81. The molecule has 1 saturated carbocycles. The average Bonchev–Trinajstić information content (AvgIpc) is 2.94. The van der Waals surface area contributed by atoms with E-state index >= 15 is 0 Å².